The molecule has 112 valence electrons. The van der Waals surface area contributed by atoms with Gasteiger partial charge < -0.3 is 19.9 Å². The molecule has 3 atom stereocenters. The Morgan fingerprint density at radius 1 is 1.30 bits per heavy atom. The SMILES string of the molecule is COc1ccc(OC)c(C(C)NC2CCCC2CO)c1. The molecule has 3 unspecified atom stereocenters. The Labute approximate surface area is 121 Å². The highest BCUT2D eigenvalue weighted by Gasteiger charge is 2.28. The van der Waals surface area contributed by atoms with Crippen molar-refractivity contribution in [1.29, 1.82) is 0 Å². The molecule has 1 fully saturated rings. The fourth-order valence-corrected chi connectivity index (χ4v) is 3.06. The smallest absolute Gasteiger partial charge is 0.123 e. The van der Waals surface area contributed by atoms with Crippen LogP contribution in [-0.4, -0.2) is 32.0 Å². The number of hydrogen-bond donors (Lipinski definition) is 2. The van der Waals surface area contributed by atoms with Gasteiger partial charge in [-0.2, -0.15) is 0 Å². The number of methoxy groups -OCH3 is 2. The van der Waals surface area contributed by atoms with Gasteiger partial charge >= 0.3 is 0 Å². The fourth-order valence-electron chi connectivity index (χ4n) is 3.06. The Morgan fingerprint density at radius 3 is 2.75 bits per heavy atom. The normalized spacial score (nSPS) is 23.6. The van der Waals surface area contributed by atoms with Crippen molar-refractivity contribution in [2.24, 2.45) is 5.92 Å². The van der Waals surface area contributed by atoms with E-state index in [1.165, 1.54) is 6.42 Å². The Kier molecular flexibility index (Phi) is 5.26. The van der Waals surface area contributed by atoms with Crippen molar-refractivity contribution in [3.63, 3.8) is 0 Å². The minimum Gasteiger partial charge on any atom is -0.497 e. The molecule has 1 aliphatic carbocycles. The zero-order valence-electron chi connectivity index (χ0n) is 12.6. The first-order chi connectivity index (χ1) is 9.69. The van der Waals surface area contributed by atoms with Crippen LogP contribution in [0.15, 0.2) is 18.2 Å². The largest absolute Gasteiger partial charge is 0.497 e. The monoisotopic (exact) mass is 279 g/mol. The maximum Gasteiger partial charge on any atom is 0.123 e. The van der Waals surface area contributed by atoms with Crippen molar-refractivity contribution >= 4 is 0 Å². The van der Waals surface area contributed by atoms with Gasteiger partial charge in [0.25, 0.3) is 0 Å². The summed E-state index contributed by atoms with van der Waals surface area (Å²) in [5, 5.41) is 13.0. The van der Waals surface area contributed by atoms with Crippen LogP contribution in [0, 0.1) is 5.92 Å². The van der Waals surface area contributed by atoms with E-state index in [1.807, 2.05) is 18.2 Å². The van der Waals surface area contributed by atoms with Gasteiger partial charge in [0.1, 0.15) is 11.5 Å². The van der Waals surface area contributed by atoms with Crippen LogP contribution in [0.1, 0.15) is 37.8 Å². The van der Waals surface area contributed by atoms with Gasteiger partial charge in [0, 0.05) is 24.3 Å². The average molecular weight is 279 g/mol. The van der Waals surface area contributed by atoms with Gasteiger partial charge in [-0.15, -0.1) is 0 Å². The molecule has 0 bridgehead atoms. The van der Waals surface area contributed by atoms with Crippen LogP contribution in [-0.2, 0) is 0 Å². The highest BCUT2D eigenvalue weighted by atomic mass is 16.5. The van der Waals surface area contributed by atoms with Crippen molar-refractivity contribution in [2.75, 3.05) is 20.8 Å². The van der Waals surface area contributed by atoms with Gasteiger partial charge in [-0.1, -0.05) is 6.42 Å². The number of rotatable bonds is 6. The average Bonchev–Trinajstić information content (AvgIpc) is 2.93. The van der Waals surface area contributed by atoms with E-state index in [1.54, 1.807) is 14.2 Å². The Hall–Kier alpha value is -1.26. The van der Waals surface area contributed by atoms with Crippen molar-refractivity contribution in [1.82, 2.24) is 5.32 Å². The van der Waals surface area contributed by atoms with Crippen molar-refractivity contribution < 1.29 is 14.6 Å². The van der Waals surface area contributed by atoms with E-state index in [2.05, 4.69) is 12.2 Å². The number of nitrogens with one attached hydrogen (secondary N) is 1. The zero-order valence-corrected chi connectivity index (χ0v) is 12.6. The first-order valence-electron chi connectivity index (χ1n) is 7.28. The molecule has 1 aromatic rings. The van der Waals surface area contributed by atoms with E-state index in [9.17, 15) is 5.11 Å². The standard InChI is InChI=1S/C16H25NO3/c1-11(17-15-6-4-5-12(15)10-18)14-9-13(19-2)7-8-16(14)20-3/h7-9,11-12,15,17-18H,4-6,10H2,1-3H3. The van der Waals surface area contributed by atoms with E-state index < -0.39 is 0 Å². The summed E-state index contributed by atoms with van der Waals surface area (Å²) in [5.74, 6) is 2.07. The molecule has 1 aliphatic rings. The molecule has 1 aromatic carbocycles. The summed E-state index contributed by atoms with van der Waals surface area (Å²) in [6.07, 6.45) is 3.42. The highest BCUT2D eigenvalue weighted by Crippen LogP contribution is 2.32. The van der Waals surface area contributed by atoms with E-state index in [-0.39, 0.29) is 12.6 Å². The molecule has 0 radical (unpaired) electrons. The molecule has 0 aliphatic heterocycles. The second kappa shape index (κ2) is 6.95. The van der Waals surface area contributed by atoms with Crippen LogP contribution in [0.3, 0.4) is 0 Å². The molecule has 0 saturated heterocycles. The van der Waals surface area contributed by atoms with Crippen LogP contribution >= 0.6 is 0 Å². The molecular weight excluding hydrogens is 254 g/mol. The Balaban J connectivity index is 2.13. The number of aliphatic hydroxyl groups is 1. The third-order valence-corrected chi connectivity index (χ3v) is 4.26. The molecule has 1 saturated carbocycles. The highest BCUT2D eigenvalue weighted by molar-refractivity contribution is 5.42. The Morgan fingerprint density at radius 2 is 2.10 bits per heavy atom. The lowest BCUT2D eigenvalue weighted by Gasteiger charge is -2.25. The van der Waals surface area contributed by atoms with Gasteiger partial charge in [0.2, 0.25) is 0 Å². The molecule has 0 heterocycles. The Bertz CT molecular complexity index is 436. The third kappa shape index (κ3) is 3.25. The first-order valence-corrected chi connectivity index (χ1v) is 7.28. The predicted molar refractivity (Wildman–Crippen MR) is 79.3 cm³/mol. The topological polar surface area (TPSA) is 50.7 Å². The van der Waals surface area contributed by atoms with Crippen LogP contribution in [0.2, 0.25) is 0 Å². The van der Waals surface area contributed by atoms with E-state index in [4.69, 9.17) is 9.47 Å². The maximum absolute atomic E-state index is 9.42. The lowest BCUT2D eigenvalue weighted by atomic mass is 10.0. The van der Waals surface area contributed by atoms with Gasteiger partial charge in [-0.3, -0.25) is 0 Å². The number of hydrogen-bond acceptors (Lipinski definition) is 4. The van der Waals surface area contributed by atoms with Crippen LogP contribution in [0.4, 0.5) is 0 Å². The second-order valence-corrected chi connectivity index (χ2v) is 5.48. The summed E-state index contributed by atoms with van der Waals surface area (Å²) in [4.78, 5) is 0. The van der Waals surface area contributed by atoms with Crippen molar-refractivity contribution in [2.45, 2.75) is 38.3 Å². The fraction of sp³-hybridized carbons (Fsp3) is 0.625. The third-order valence-electron chi connectivity index (χ3n) is 4.26. The predicted octanol–water partition coefficient (Wildman–Crippen LogP) is 2.52. The van der Waals surface area contributed by atoms with E-state index in [0.717, 1.165) is 29.9 Å². The van der Waals surface area contributed by atoms with Gasteiger partial charge in [-0.25, -0.2) is 0 Å². The molecular formula is C16H25NO3. The second-order valence-electron chi connectivity index (χ2n) is 5.48. The summed E-state index contributed by atoms with van der Waals surface area (Å²) in [5.41, 5.74) is 1.09. The van der Waals surface area contributed by atoms with Crippen molar-refractivity contribution in [3.05, 3.63) is 23.8 Å². The van der Waals surface area contributed by atoms with Crippen LogP contribution in [0.25, 0.3) is 0 Å². The first kappa shape index (κ1) is 15.1. The van der Waals surface area contributed by atoms with Crippen LogP contribution < -0.4 is 14.8 Å². The van der Waals surface area contributed by atoms with E-state index >= 15 is 0 Å². The molecule has 4 nitrogen and oxygen atoms in total. The molecule has 2 N–H and O–H groups in total. The minimum absolute atomic E-state index is 0.164. The molecule has 4 heteroatoms. The zero-order chi connectivity index (χ0) is 14.5. The van der Waals surface area contributed by atoms with Gasteiger partial charge in [0.05, 0.1) is 14.2 Å². The summed E-state index contributed by atoms with van der Waals surface area (Å²) in [7, 11) is 3.35. The molecule has 2 rings (SSSR count). The van der Waals surface area contributed by atoms with Crippen molar-refractivity contribution in [3.8, 4) is 11.5 Å². The van der Waals surface area contributed by atoms with E-state index in [0.29, 0.717) is 12.0 Å². The number of benzene rings is 1. The summed E-state index contributed by atoms with van der Waals surface area (Å²) in [6, 6.07) is 6.40. The summed E-state index contributed by atoms with van der Waals surface area (Å²) < 4.78 is 10.7. The maximum atomic E-state index is 9.42. The molecule has 0 spiro atoms. The van der Waals surface area contributed by atoms with Crippen LogP contribution in [0.5, 0.6) is 11.5 Å². The number of aliphatic hydroxyl groups excluding tert-OH is 1. The summed E-state index contributed by atoms with van der Waals surface area (Å²) >= 11 is 0. The van der Waals surface area contributed by atoms with Gasteiger partial charge in [0.15, 0.2) is 0 Å². The molecule has 0 amide bonds. The summed E-state index contributed by atoms with van der Waals surface area (Å²) in [6.45, 7) is 2.39. The lowest BCUT2D eigenvalue weighted by Crippen LogP contribution is -2.36. The quantitative estimate of drug-likeness (QED) is 0.840. The molecule has 0 aromatic heterocycles. The van der Waals surface area contributed by atoms with Gasteiger partial charge in [-0.05, 0) is 43.9 Å². The lowest BCUT2D eigenvalue weighted by molar-refractivity contribution is 0.200. The minimum atomic E-state index is 0.164. The molecule has 20 heavy (non-hydrogen) atoms. The number of ether oxygens (including phenoxy) is 2.